The fraction of sp³-hybridized carbons (Fsp3) is 0.286. The van der Waals surface area contributed by atoms with Gasteiger partial charge in [0.25, 0.3) is 5.91 Å². The van der Waals surface area contributed by atoms with Crippen molar-refractivity contribution in [2.45, 2.75) is 30.7 Å². The van der Waals surface area contributed by atoms with Crippen LogP contribution in [0.15, 0.2) is 89.9 Å². The maximum Gasteiger partial charge on any atom is 0.402 e. The van der Waals surface area contributed by atoms with Gasteiger partial charge in [-0.3, -0.25) is 10.2 Å². The summed E-state index contributed by atoms with van der Waals surface area (Å²) in [7, 11) is 0. The van der Waals surface area contributed by atoms with Gasteiger partial charge in [0.15, 0.2) is 11.6 Å². The minimum atomic E-state index is -4.51. The molecule has 0 spiro atoms. The van der Waals surface area contributed by atoms with Crippen LogP contribution in [0.25, 0.3) is 0 Å². The molecule has 7 nitrogen and oxygen atoms in total. The molecule has 1 aliphatic rings. The van der Waals surface area contributed by atoms with Crippen LogP contribution >= 0.6 is 0 Å². The highest BCUT2D eigenvalue weighted by molar-refractivity contribution is 6.01. The molecule has 3 aromatic rings. The van der Waals surface area contributed by atoms with Crippen molar-refractivity contribution in [2.24, 2.45) is 4.99 Å². The number of nitrogens with zero attached hydrogens (tertiary/aromatic N) is 1. The molecule has 0 bridgehead atoms. The number of alkyl halides is 3. The first-order valence-corrected chi connectivity index (χ1v) is 12.1. The predicted molar refractivity (Wildman–Crippen MR) is 136 cm³/mol. The Morgan fingerprint density at radius 1 is 1.00 bits per heavy atom. The molecule has 1 heterocycles. The molecule has 38 heavy (non-hydrogen) atoms. The number of ether oxygens (including phenoxy) is 2. The van der Waals surface area contributed by atoms with E-state index in [1.54, 1.807) is 48.5 Å². The second-order valence-corrected chi connectivity index (χ2v) is 8.79. The van der Waals surface area contributed by atoms with Gasteiger partial charge >= 0.3 is 6.18 Å². The Balaban J connectivity index is 1.72. The molecule has 3 N–H and O–H groups in total. The average Bonchev–Trinajstić information content (AvgIpc) is 3.30. The summed E-state index contributed by atoms with van der Waals surface area (Å²) in [5.74, 6) is 0.0196. The minimum absolute atomic E-state index is 0.0208. The molecule has 0 aromatic heterocycles. The fourth-order valence-electron chi connectivity index (χ4n) is 4.15. The third-order valence-corrected chi connectivity index (χ3v) is 5.94. The third-order valence-electron chi connectivity index (χ3n) is 5.94. The topological polar surface area (TPSA) is 92.2 Å². The Morgan fingerprint density at radius 2 is 1.66 bits per heavy atom. The van der Waals surface area contributed by atoms with E-state index in [1.807, 2.05) is 41.8 Å². The second-order valence-electron chi connectivity index (χ2n) is 8.79. The summed E-state index contributed by atoms with van der Waals surface area (Å²) in [5.41, 5.74) is 4.59. The van der Waals surface area contributed by atoms with Crippen molar-refractivity contribution in [1.82, 2.24) is 10.9 Å². The summed E-state index contributed by atoms with van der Waals surface area (Å²) in [6.07, 6.45) is -4.85. The highest BCUT2D eigenvalue weighted by Crippen LogP contribution is 2.42. The van der Waals surface area contributed by atoms with Gasteiger partial charge in [-0.2, -0.15) is 13.2 Å². The largest absolute Gasteiger partial charge is 0.494 e. The number of aliphatic hydroxyl groups excluding tert-OH is 1. The molecule has 0 saturated heterocycles. The van der Waals surface area contributed by atoms with Crippen LogP contribution in [0.3, 0.4) is 0 Å². The molecule has 0 saturated carbocycles. The number of aliphatic hydroxyl groups is 1. The zero-order chi connectivity index (χ0) is 27.0. The van der Waals surface area contributed by atoms with Crippen LogP contribution in [0.5, 0.6) is 5.75 Å². The van der Waals surface area contributed by atoms with Crippen LogP contribution in [-0.4, -0.2) is 48.4 Å². The molecule has 0 fully saturated rings. The average molecular weight is 528 g/mol. The first kappa shape index (κ1) is 27.2. The van der Waals surface area contributed by atoms with Crippen molar-refractivity contribution in [1.29, 1.82) is 0 Å². The van der Waals surface area contributed by atoms with Crippen LogP contribution in [0, 0.1) is 0 Å². The van der Waals surface area contributed by atoms with E-state index in [0.717, 1.165) is 5.56 Å². The molecule has 10 heteroatoms. The van der Waals surface area contributed by atoms with Crippen LogP contribution in [0.1, 0.15) is 29.2 Å². The van der Waals surface area contributed by atoms with Gasteiger partial charge in [-0.1, -0.05) is 60.7 Å². The lowest BCUT2D eigenvalue weighted by Gasteiger charge is -2.31. The summed E-state index contributed by atoms with van der Waals surface area (Å²) < 4.78 is 50.3. The molecule has 4 rings (SSSR count). The maximum absolute atomic E-state index is 13.7. The Bertz CT molecular complexity index is 1220. The van der Waals surface area contributed by atoms with Crippen molar-refractivity contribution in [3.63, 3.8) is 0 Å². The minimum Gasteiger partial charge on any atom is -0.494 e. The number of nitrogens with one attached hydrogen (secondary N) is 2. The van der Waals surface area contributed by atoms with E-state index in [9.17, 15) is 18.0 Å². The summed E-state index contributed by atoms with van der Waals surface area (Å²) in [4.78, 5) is 18.4. The number of hydrazine groups is 1. The van der Waals surface area contributed by atoms with E-state index < -0.39 is 30.3 Å². The fourth-order valence-corrected chi connectivity index (χ4v) is 4.15. The monoisotopic (exact) mass is 527 g/mol. The smallest absolute Gasteiger partial charge is 0.402 e. The number of aliphatic imine (C=N–C) groups is 1. The Hall–Kier alpha value is -3.89. The lowest BCUT2D eigenvalue weighted by Crippen LogP contribution is -2.55. The van der Waals surface area contributed by atoms with Gasteiger partial charge in [0.05, 0.1) is 6.61 Å². The summed E-state index contributed by atoms with van der Waals surface area (Å²) in [6, 6.07) is 25.0. The first-order valence-electron chi connectivity index (χ1n) is 12.1. The number of carbonyl (C=O) groups is 1. The Kier molecular flexibility index (Phi) is 8.65. The number of benzene rings is 3. The quantitative estimate of drug-likeness (QED) is 0.258. The lowest BCUT2D eigenvalue weighted by molar-refractivity contribution is -0.136. The predicted octanol–water partition coefficient (Wildman–Crippen LogP) is 4.13. The van der Waals surface area contributed by atoms with E-state index >= 15 is 0 Å². The molecule has 1 aliphatic heterocycles. The SMILES string of the molecule is O=C(NNCC(F)(F)F)[C@@]1(Cc2ccccc2)N=C(c2ccc(OCCCO)cc2)O[C@H]1c1ccccc1. The van der Waals surface area contributed by atoms with Crippen LogP contribution < -0.4 is 15.6 Å². The van der Waals surface area contributed by atoms with Crippen molar-refractivity contribution < 1.29 is 32.5 Å². The number of carbonyl (C=O) groups excluding carboxylic acids is 1. The number of halogens is 3. The zero-order valence-corrected chi connectivity index (χ0v) is 20.4. The van der Waals surface area contributed by atoms with Crippen molar-refractivity contribution in [3.05, 3.63) is 102 Å². The van der Waals surface area contributed by atoms with E-state index in [2.05, 4.69) is 5.43 Å². The van der Waals surface area contributed by atoms with Crippen molar-refractivity contribution in [2.75, 3.05) is 19.8 Å². The molecule has 200 valence electrons. The molecule has 0 aliphatic carbocycles. The number of rotatable bonds is 11. The standard InChI is InChI=1S/C28H28F3N3O4/c29-28(30,31)19-32-34-26(36)27(18-20-8-3-1-4-9-20)24(21-10-5-2-6-11-21)38-25(33-27)22-12-14-23(15-13-22)37-17-7-16-35/h1-6,8-15,24,32,35H,7,16-19H2,(H,34,36)/t24-,27-/m0/s1. The van der Waals surface area contributed by atoms with Crippen LogP contribution in [0.4, 0.5) is 13.2 Å². The number of hydrogen-bond donors (Lipinski definition) is 3. The summed E-state index contributed by atoms with van der Waals surface area (Å²) in [6.45, 7) is -1.02. The maximum atomic E-state index is 13.7. The van der Waals surface area contributed by atoms with E-state index in [4.69, 9.17) is 19.6 Å². The molecular weight excluding hydrogens is 499 g/mol. The van der Waals surface area contributed by atoms with Gasteiger partial charge < -0.3 is 14.6 Å². The highest BCUT2D eigenvalue weighted by Gasteiger charge is 2.53. The molecule has 1 amide bonds. The van der Waals surface area contributed by atoms with E-state index in [-0.39, 0.29) is 18.9 Å². The normalized spacial score (nSPS) is 18.9. The van der Waals surface area contributed by atoms with Gasteiger partial charge in [0.2, 0.25) is 5.90 Å². The Morgan fingerprint density at radius 3 is 2.29 bits per heavy atom. The second kappa shape index (κ2) is 12.1. The molecule has 3 aromatic carbocycles. The van der Waals surface area contributed by atoms with Crippen molar-refractivity contribution >= 4 is 11.8 Å². The Labute approximate surface area is 218 Å². The summed E-state index contributed by atoms with van der Waals surface area (Å²) >= 11 is 0. The molecular formula is C28H28F3N3O4. The van der Waals surface area contributed by atoms with Gasteiger partial charge in [0.1, 0.15) is 12.3 Å². The number of amides is 1. The van der Waals surface area contributed by atoms with Crippen LogP contribution in [-0.2, 0) is 16.0 Å². The molecule has 0 unspecified atom stereocenters. The number of hydrogen-bond acceptors (Lipinski definition) is 6. The van der Waals surface area contributed by atoms with Gasteiger partial charge in [-0.05, 0) is 35.4 Å². The van der Waals surface area contributed by atoms with Gasteiger partial charge in [0, 0.05) is 25.0 Å². The summed E-state index contributed by atoms with van der Waals surface area (Å²) in [5, 5.41) is 8.94. The first-order chi connectivity index (χ1) is 18.3. The van der Waals surface area contributed by atoms with Gasteiger partial charge in [-0.15, -0.1) is 0 Å². The highest BCUT2D eigenvalue weighted by atomic mass is 19.4. The zero-order valence-electron chi connectivity index (χ0n) is 20.4. The lowest BCUT2D eigenvalue weighted by atomic mass is 9.82. The van der Waals surface area contributed by atoms with Gasteiger partial charge in [-0.25, -0.2) is 10.4 Å². The molecule has 2 atom stereocenters. The van der Waals surface area contributed by atoms with E-state index in [1.165, 1.54) is 0 Å². The van der Waals surface area contributed by atoms with Crippen molar-refractivity contribution in [3.8, 4) is 5.75 Å². The molecule has 0 radical (unpaired) electrons. The third kappa shape index (κ3) is 6.70. The van der Waals surface area contributed by atoms with Crippen LogP contribution in [0.2, 0.25) is 0 Å². The van der Waals surface area contributed by atoms with E-state index in [0.29, 0.717) is 29.9 Å².